The van der Waals surface area contributed by atoms with Crippen molar-refractivity contribution in [2.45, 2.75) is 19.4 Å². The zero-order valence-electron chi connectivity index (χ0n) is 11.3. The van der Waals surface area contributed by atoms with Crippen molar-refractivity contribution in [1.82, 2.24) is 4.90 Å². The smallest absolute Gasteiger partial charge is 0.0421 e. The molecule has 3 nitrogen and oxygen atoms in total. The van der Waals surface area contributed by atoms with Crippen molar-refractivity contribution in [1.29, 1.82) is 0 Å². The summed E-state index contributed by atoms with van der Waals surface area (Å²) >= 11 is 5.94. The molecule has 1 saturated heterocycles. The van der Waals surface area contributed by atoms with E-state index in [1.165, 1.54) is 11.3 Å². The summed E-state index contributed by atoms with van der Waals surface area (Å²) in [5, 5.41) is 0.881. The second-order valence-corrected chi connectivity index (χ2v) is 6.07. The Morgan fingerprint density at radius 1 is 1.47 bits per heavy atom. The minimum atomic E-state index is 0.595. The van der Waals surface area contributed by atoms with Crippen LogP contribution in [0, 0.1) is 0 Å². The number of allylic oxidation sites excluding steroid dienone is 1. The molecule has 3 rings (SSSR count). The molecule has 1 aromatic rings. The first-order valence-corrected chi connectivity index (χ1v) is 7.21. The highest BCUT2D eigenvalue weighted by Gasteiger charge is 2.32. The van der Waals surface area contributed by atoms with Crippen molar-refractivity contribution in [2.75, 3.05) is 36.8 Å². The Hall–Kier alpha value is -1.19. The summed E-state index contributed by atoms with van der Waals surface area (Å²) in [4.78, 5) is 5.00. The molecule has 102 valence electrons. The number of piperazine rings is 1. The molecule has 4 heteroatoms. The average molecular weight is 278 g/mol. The number of hydrogen-bond donors (Lipinski definition) is 1. The van der Waals surface area contributed by atoms with Crippen LogP contribution < -0.4 is 10.6 Å². The predicted molar refractivity (Wildman–Crippen MR) is 81.7 cm³/mol. The van der Waals surface area contributed by atoms with Gasteiger partial charge in [-0.3, -0.25) is 4.90 Å². The minimum absolute atomic E-state index is 0.595. The van der Waals surface area contributed by atoms with Crippen LogP contribution in [0.1, 0.15) is 12.5 Å². The number of halogens is 1. The monoisotopic (exact) mass is 277 g/mol. The van der Waals surface area contributed by atoms with E-state index in [4.69, 9.17) is 17.3 Å². The number of nitrogen functional groups attached to an aromatic ring is 1. The van der Waals surface area contributed by atoms with Crippen LogP contribution in [0.15, 0.2) is 29.3 Å². The third kappa shape index (κ3) is 2.58. The van der Waals surface area contributed by atoms with E-state index < -0.39 is 0 Å². The number of nitrogens with zero attached hydrogens (tertiary/aromatic N) is 2. The van der Waals surface area contributed by atoms with E-state index in [1.54, 1.807) is 0 Å². The van der Waals surface area contributed by atoms with Gasteiger partial charge in [0, 0.05) is 48.6 Å². The molecule has 0 saturated carbocycles. The molecule has 2 aliphatic heterocycles. The molecule has 0 radical (unpaired) electrons. The third-order valence-corrected chi connectivity index (χ3v) is 4.27. The molecule has 1 aromatic carbocycles. The summed E-state index contributed by atoms with van der Waals surface area (Å²) in [6.45, 7) is 6.17. The highest BCUT2D eigenvalue weighted by Crippen LogP contribution is 2.32. The van der Waals surface area contributed by atoms with Crippen LogP contribution in [-0.2, 0) is 6.42 Å². The number of hydrogen-bond acceptors (Lipinski definition) is 3. The van der Waals surface area contributed by atoms with Gasteiger partial charge in [0.25, 0.3) is 0 Å². The molecule has 2 heterocycles. The third-order valence-electron chi connectivity index (χ3n) is 4.12. The van der Waals surface area contributed by atoms with Gasteiger partial charge in [-0.25, -0.2) is 0 Å². The van der Waals surface area contributed by atoms with Crippen molar-refractivity contribution in [2.24, 2.45) is 0 Å². The topological polar surface area (TPSA) is 32.5 Å². The first-order chi connectivity index (χ1) is 9.13. The maximum atomic E-state index is 5.94. The molecule has 2 bridgehead atoms. The Kier molecular flexibility index (Phi) is 3.42. The van der Waals surface area contributed by atoms with E-state index in [0.717, 1.165) is 43.3 Å². The maximum Gasteiger partial charge on any atom is 0.0421 e. The van der Waals surface area contributed by atoms with Crippen molar-refractivity contribution in [3.8, 4) is 0 Å². The molecule has 1 fully saturated rings. The molecule has 19 heavy (non-hydrogen) atoms. The molecule has 0 spiro atoms. The Balaban J connectivity index is 1.81. The zero-order valence-corrected chi connectivity index (χ0v) is 12.0. The molecule has 0 aliphatic carbocycles. The van der Waals surface area contributed by atoms with Crippen LogP contribution in [0.2, 0.25) is 0 Å². The van der Waals surface area contributed by atoms with E-state index in [0.29, 0.717) is 6.04 Å². The van der Waals surface area contributed by atoms with E-state index in [2.05, 4.69) is 28.0 Å². The van der Waals surface area contributed by atoms with Gasteiger partial charge in [0.1, 0.15) is 0 Å². The number of anilines is 2. The van der Waals surface area contributed by atoms with E-state index in [1.807, 2.05) is 13.0 Å². The van der Waals surface area contributed by atoms with Crippen molar-refractivity contribution < 1.29 is 0 Å². The molecule has 0 unspecified atom stereocenters. The van der Waals surface area contributed by atoms with Crippen molar-refractivity contribution in [3.63, 3.8) is 0 Å². The van der Waals surface area contributed by atoms with Crippen LogP contribution in [0.5, 0.6) is 0 Å². The molecule has 0 aromatic heterocycles. The first kappa shape index (κ1) is 12.8. The second kappa shape index (κ2) is 5.06. The van der Waals surface area contributed by atoms with Crippen LogP contribution in [-0.4, -0.2) is 37.1 Å². The van der Waals surface area contributed by atoms with E-state index in [-0.39, 0.29) is 0 Å². The Morgan fingerprint density at radius 3 is 3.11 bits per heavy atom. The first-order valence-electron chi connectivity index (χ1n) is 6.83. The molecule has 0 amide bonds. The van der Waals surface area contributed by atoms with Gasteiger partial charge in [-0.15, -0.1) is 0 Å². The lowest BCUT2D eigenvalue weighted by atomic mass is 9.94. The van der Waals surface area contributed by atoms with Crippen molar-refractivity contribution >= 4 is 23.0 Å². The summed E-state index contributed by atoms with van der Waals surface area (Å²) in [5.41, 5.74) is 9.51. The van der Waals surface area contributed by atoms with Crippen molar-refractivity contribution in [3.05, 3.63) is 34.9 Å². The Bertz CT molecular complexity index is 508. The fourth-order valence-electron chi connectivity index (χ4n) is 3.09. The van der Waals surface area contributed by atoms with E-state index >= 15 is 0 Å². The molecular formula is C15H20ClN3. The van der Waals surface area contributed by atoms with Gasteiger partial charge in [0.15, 0.2) is 0 Å². The fraction of sp³-hybridized carbons (Fsp3) is 0.467. The van der Waals surface area contributed by atoms with Gasteiger partial charge in [-0.2, -0.15) is 0 Å². The largest absolute Gasteiger partial charge is 0.399 e. The summed E-state index contributed by atoms with van der Waals surface area (Å²) in [6, 6.07) is 6.89. The van der Waals surface area contributed by atoms with Gasteiger partial charge in [0.2, 0.25) is 0 Å². The summed E-state index contributed by atoms with van der Waals surface area (Å²) in [6.07, 6.45) is 3.22. The molecule has 2 aliphatic rings. The summed E-state index contributed by atoms with van der Waals surface area (Å²) in [5.74, 6) is 0. The number of rotatable bonds is 2. The SMILES string of the molecule is CC(Cl)=CCN1CCN2C[C@H]1Cc1ccc(N)cc12. The van der Waals surface area contributed by atoms with Gasteiger partial charge in [0.05, 0.1) is 0 Å². The molecule has 1 atom stereocenters. The average Bonchev–Trinajstić information content (AvgIpc) is 2.39. The van der Waals surface area contributed by atoms with Gasteiger partial charge in [-0.1, -0.05) is 23.7 Å². The standard InChI is InChI=1S/C15H20ClN3/c1-11(16)4-5-18-6-7-19-10-14(18)8-12-2-3-13(17)9-15(12)19/h2-4,9,14H,5-8,10,17H2,1H3/t14-/m1/s1. The fourth-order valence-corrected chi connectivity index (χ4v) is 3.16. The van der Waals surface area contributed by atoms with Crippen LogP contribution in [0.25, 0.3) is 0 Å². The lowest BCUT2D eigenvalue weighted by molar-refractivity contribution is 0.188. The normalized spacial score (nSPS) is 23.4. The lowest BCUT2D eigenvalue weighted by Crippen LogP contribution is -2.56. The summed E-state index contributed by atoms with van der Waals surface area (Å²) in [7, 11) is 0. The number of nitrogens with two attached hydrogens (primary N) is 1. The van der Waals surface area contributed by atoms with E-state index in [9.17, 15) is 0 Å². The minimum Gasteiger partial charge on any atom is -0.399 e. The Labute approximate surface area is 119 Å². The quantitative estimate of drug-likeness (QED) is 0.843. The second-order valence-electron chi connectivity index (χ2n) is 5.48. The predicted octanol–water partition coefficient (Wildman–Crippen LogP) is 2.46. The summed E-state index contributed by atoms with van der Waals surface area (Å²) < 4.78 is 0. The highest BCUT2D eigenvalue weighted by molar-refractivity contribution is 6.29. The van der Waals surface area contributed by atoms with Crippen LogP contribution in [0.3, 0.4) is 0 Å². The Morgan fingerprint density at radius 2 is 2.32 bits per heavy atom. The molecule has 2 N–H and O–H groups in total. The zero-order chi connectivity index (χ0) is 13.4. The number of benzene rings is 1. The molecular weight excluding hydrogens is 258 g/mol. The maximum absolute atomic E-state index is 5.94. The highest BCUT2D eigenvalue weighted by atomic mass is 35.5. The van der Waals surface area contributed by atoms with Crippen LogP contribution in [0.4, 0.5) is 11.4 Å². The van der Waals surface area contributed by atoms with Gasteiger partial charge in [-0.05, 0) is 31.0 Å². The van der Waals surface area contributed by atoms with Gasteiger partial charge < -0.3 is 10.6 Å². The van der Waals surface area contributed by atoms with Gasteiger partial charge >= 0.3 is 0 Å². The number of fused-ring (bicyclic) bond motifs is 4. The lowest BCUT2D eigenvalue weighted by Gasteiger charge is -2.46. The van der Waals surface area contributed by atoms with Crippen LogP contribution >= 0.6 is 11.6 Å².